The molecule has 0 aliphatic carbocycles. The third kappa shape index (κ3) is 2.70. The van der Waals surface area contributed by atoms with Crippen molar-refractivity contribution < 1.29 is 19.5 Å². The van der Waals surface area contributed by atoms with Crippen molar-refractivity contribution in [2.45, 2.75) is 13.3 Å². The molecule has 0 bridgehead atoms. The molecule has 2 rings (SSSR count). The van der Waals surface area contributed by atoms with Crippen LogP contribution in [0.3, 0.4) is 0 Å². The van der Waals surface area contributed by atoms with Gasteiger partial charge in [-0.3, -0.25) is 19.3 Å². The number of hydrogen-bond donors (Lipinski definition) is 2. The van der Waals surface area contributed by atoms with E-state index in [2.05, 4.69) is 5.32 Å². The van der Waals surface area contributed by atoms with Gasteiger partial charge in [0.2, 0.25) is 5.91 Å². The Balaban J connectivity index is 2.07. The number of aryl methyl sites for hydroxylation is 1. The zero-order valence-corrected chi connectivity index (χ0v) is 11.2. The number of carbonyl (C=O) groups is 3. The van der Waals surface area contributed by atoms with Gasteiger partial charge < -0.3 is 10.4 Å². The van der Waals surface area contributed by atoms with Crippen LogP contribution in [0.15, 0.2) is 18.2 Å². The molecule has 1 aliphatic heterocycles. The molecule has 0 aromatic heterocycles. The molecule has 106 valence electrons. The summed E-state index contributed by atoms with van der Waals surface area (Å²) in [5, 5.41) is 11.2. The van der Waals surface area contributed by atoms with Crippen molar-refractivity contribution in [3.8, 4) is 0 Å². The van der Waals surface area contributed by atoms with E-state index in [0.717, 1.165) is 10.5 Å². The van der Waals surface area contributed by atoms with Crippen LogP contribution in [-0.4, -0.2) is 47.4 Å². The van der Waals surface area contributed by atoms with Crippen LogP contribution in [0.1, 0.15) is 32.7 Å². The highest BCUT2D eigenvalue weighted by Crippen LogP contribution is 2.23. The Hall–Kier alpha value is -2.21. The number of amides is 3. The van der Waals surface area contributed by atoms with Gasteiger partial charge in [-0.2, -0.15) is 0 Å². The van der Waals surface area contributed by atoms with Gasteiger partial charge in [0.15, 0.2) is 0 Å². The van der Waals surface area contributed by atoms with Gasteiger partial charge in [-0.15, -0.1) is 0 Å². The third-order valence-corrected chi connectivity index (χ3v) is 3.08. The van der Waals surface area contributed by atoms with Crippen LogP contribution < -0.4 is 5.32 Å². The van der Waals surface area contributed by atoms with E-state index in [0.29, 0.717) is 24.1 Å². The Labute approximate surface area is 116 Å². The highest BCUT2D eigenvalue weighted by atomic mass is 16.3. The Morgan fingerprint density at radius 3 is 2.65 bits per heavy atom. The number of aliphatic hydroxyl groups is 1. The third-order valence-electron chi connectivity index (χ3n) is 3.08. The molecule has 0 spiro atoms. The number of benzene rings is 1. The normalized spacial score (nSPS) is 13.6. The lowest BCUT2D eigenvalue weighted by molar-refractivity contribution is -0.121. The molecule has 1 aromatic rings. The van der Waals surface area contributed by atoms with Gasteiger partial charge in [0.05, 0.1) is 11.1 Å². The molecule has 1 heterocycles. The summed E-state index contributed by atoms with van der Waals surface area (Å²) in [5.74, 6) is -1.29. The van der Waals surface area contributed by atoms with Crippen molar-refractivity contribution in [2.24, 2.45) is 0 Å². The summed E-state index contributed by atoms with van der Waals surface area (Å²) < 4.78 is 0. The highest BCUT2D eigenvalue weighted by molar-refractivity contribution is 6.22. The molecule has 0 radical (unpaired) electrons. The molecule has 6 nitrogen and oxygen atoms in total. The number of rotatable bonds is 5. The maximum absolute atomic E-state index is 12.1. The average Bonchev–Trinajstić information content (AvgIpc) is 2.64. The van der Waals surface area contributed by atoms with Gasteiger partial charge in [-0.1, -0.05) is 11.6 Å². The van der Waals surface area contributed by atoms with Crippen LogP contribution in [0, 0.1) is 6.92 Å². The predicted molar refractivity (Wildman–Crippen MR) is 71.3 cm³/mol. The number of nitrogens with one attached hydrogen (secondary N) is 1. The number of hydrogen-bond acceptors (Lipinski definition) is 4. The smallest absolute Gasteiger partial charge is 0.262 e. The van der Waals surface area contributed by atoms with E-state index in [1.807, 2.05) is 6.92 Å². The van der Waals surface area contributed by atoms with Crippen molar-refractivity contribution in [1.82, 2.24) is 10.2 Å². The largest absolute Gasteiger partial charge is 0.396 e. The zero-order valence-electron chi connectivity index (χ0n) is 11.2. The summed E-state index contributed by atoms with van der Waals surface area (Å²) in [6.07, 6.45) is 0.438. The topological polar surface area (TPSA) is 86.7 Å². The van der Waals surface area contributed by atoms with Gasteiger partial charge in [0.25, 0.3) is 11.8 Å². The van der Waals surface area contributed by atoms with Crippen molar-refractivity contribution >= 4 is 17.7 Å². The number of aliphatic hydroxyl groups excluding tert-OH is 1. The van der Waals surface area contributed by atoms with Crippen molar-refractivity contribution in [3.63, 3.8) is 0 Å². The summed E-state index contributed by atoms with van der Waals surface area (Å²) in [7, 11) is 0. The molecule has 1 aromatic carbocycles. The lowest BCUT2D eigenvalue weighted by Crippen LogP contribution is -2.40. The Bertz CT molecular complexity index is 568. The predicted octanol–water partition coefficient (Wildman–Crippen LogP) is 0.0896. The van der Waals surface area contributed by atoms with Gasteiger partial charge in [-0.05, 0) is 25.5 Å². The SMILES string of the molecule is Cc1ccc2c(c1)C(=O)N(CC(=O)NCCCO)C2=O. The molecule has 3 amide bonds. The number of fused-ring (bicyclic) bond motifs is 1. The van der Waals surface area contributed by atoms with Gasteiger partial charge in [0, 0.05) is 13.2 Å². The Kier molecular flexibility index (Phi) is 4.14. The van der Waals surface area contributed by atoms with E-state index < -0.39 is 17.7 Å². The molecule has 0 saturated carbocycles. The molecule has 0 saturated heterocycles. The van der Waals surface area contributed by atoms with Crippen LogP contribution >= 0.6 is 0 Å². The first-order valence-electron chi connectivity index (χ1n) is 6.39. The van der Waals surface area contributed by atoms with E-state index in [9.17, 15) is 14.4 Å². The molecule has 6 heteroatoms. The molecule has 1 aliphatic rings. The summed E-state index contributed by atoms with van der Waals surface area (Å²) in [6.45, 7) is 1.84. The van der Waals surface area contributed by atoms with Crippen molar-refractivity contribution in [1.29, 1.82) is 0 Å². The van der Waals surface area contributed by atoms with Crippen molar-refractivity contribution in [2.75, 3.05) is 19.7 Å². The Morgan fingerprint density at radius 1 is 1.25 bits per heavy atom. The van der Waals surface area contributed by atoms with Crippen LogP contribution in [0.5, 0.6) is 0 Å². The summed E-state index contributed by atoms with van der Waals surface area (Å²) >= 11 is 0. The number of nitrogens with zero attached hydrogens (tertiary/aromatic N) is 1. The first-order chi connectivity index (χ1) is 9.54. The molecular weight excluding hydrogens is 260 g/mol. The molecule has 20 heavy (non-hydrogen) atoms. The molecule has 0 fully saturated rings. The fourth-order valence-corrected chi connectivity index (χ4v) is 2.05. The van der Waals surface area contributed by atoms with Crippen LogP contribution in [-0.2, 0) is 4.79 Å². The quantitative estimate of drug-likeness (QED) is 0.589. The van der Waals surface area contributed by atoms with Crippen LogP contribution in [0.4, 0.5) is 0 Å². The average molecular weight is 276 g/mol. The van der Waals surface area contributed by atoms with Gasteiger partial charge >= 0.3 is 0 Å². The first kappa shape index (κ1) is 14.2. The standard InChI is InChI=1S/C14H16N2O4/c1-9-3-4-10-11(7-9)14(20)16(13(10)19)8-12(18)15-5-2-6-17/h3-4,7,17H,2,5-6,8H2,1H3,(H,15,18). The first-order valence-corrected chi connectivity index (χ1v) is 6.39. The fourth-order valence-electron chi connectivity index (χ4n) is 2.05. The lowest BCUT2D eigenvalue weighted by atomic mass is 10.1. The van der Waals surface area contributed by atoms with E-state index in [4.69, 9.17) is 5.11 Å². The maximum atomic E-state index is 12.1. The second-order valence-electron chi connectivity index (χ2n) is 4.67. The minimum atomic E-state index is -0.442. The van der Waals surface area contributed by atoms with Crippen molar-refractivity contribution in [3.05, 3.63) is 34.9 Å². The minimum absolute atomic E-state index is 0.0213. The summed E-state index contributed by atoms with van der Waals surface area (Å²) in [6, 6.07) is 5.02. The molecule has 2 N–H and O–H groups in total. The van der Waals surface area contributed by atoms with E-state index in [1.165, 1.54) is 0 Å². The Morgan fingerprint density at radius 2 is 1.95 bits per heavy atom. The zero-order chi connectivity index (χ0) is 14.7. The fraction of sp³-hybridized carbons (Fsp3) is 0.357. The molecule has 0 atom stereocenters. The monoisotopic (exact) mass is 276 g/mol. The summed E-state index contributed by atoms with van der Waals surface area (Å²) in [4.78, 5) is 36.8. The van der Waals surface area contributed by atoms with Gasteiger partial charge in [-0.25, -0.2) is 0 Å². The van der Waals surface area contributed by atoms with E-state index >= 15 is 0 Å². The number of imide groups is 1. The van der Waals surface area contributed by atoms with Gasteiger partial charge in [0.1, 0.15) is 6.54 Å². The second kappa shape index (κ2) is 5.83. The van der Waals surface area contributed by atoms with Crippen LogP contribution in [0.25, 0.3) is 0 Å². The van der Waals surface area contributed by atoms with E-state index in [1.54, 1.807) is 18.2 Å². The van der Waals surface area contributed by atoms with Crippen LogP contribution in [0.2, 0.25) is 0 Å². The minimum Gasteiger partial charge on any atom is -0.396 e. The summed E-state index contributed by atoms with van der Waals surface area (Å²) in [5.41, 5.74) is 1.57. The van der Waals surface area contributed by atoms with E-state index in [-0.39, 0.29) is 13.2 Å². The maximum Gasteiger partial charge on any atom is 0.262 e. The molecule has 0 unspecified atom stereocenters. The molecular formula is C14H16N2O4. The number of carbonyl (C=O) groups excluding carboxylic acids is 3. The highest BCUT2D eigenvalue weighted by Gasteiger charge is 2.36. The second-order valence-corrected chi connectivity index (χ2v) is 4.67. The lowest BCUT2D eigenvalue weighted by Gasteiger charge is -2.13.